The quantitative estimate of drug-likeness (QED) is 0.582. The maximum atomic E-state index is 2.83. The van der Waals surface area contributed by atoms with E-state index in [0.717, 1.165) is 0 Å². The van der Waals surface area contributed by atoms with E-state index < -0.39 is 0 Å². The third-order valence-electron chi connectivity index (χ3n) is 7.96. The van der Waals surface area contributed by atoms with E-state index in [1.165, 1.54) is 64.3 Å². The average Bonchev–Trinajstić information content (AvgIpc) is 3.06. The smallest absolute Gasteiger partial charge is 0.156 e. The van der Waals surface area contributed by atoms with Crippen LogP contribution in [0.2, 0.25) is 0 Å². The molecule has 30 heavy (non-hydrogen) atoms. The summed E-state index contributed by atoms with van der Waals surface area (Å²) in [6.07, 6.45) is 3.82. The van der Waals surface area contributed by atoms with Crippen LogP contribution < -0.4 is 0 Å². The van der Waals surface area contributed by atoms with Crippen LogP contribution in [0.1, 0.15) is 62.3 Å². The molecule has 2 aromatic rings. The van der Waals surface area contributed by atoms with Gasteiger partial charge in [0.1, 0.15) is 12.1 Å². The third-order valence-corrected chi connectivity index (χ3v) is 7.96. The van der Waals surface area contributed by atoms with Gasteiger partial charge in [-0.1, -0.05) is 36.4 Å². The Hall–Kier alpha value is -2.26. The SMILES string of the molecule is CC1=[N+](c2c(C)cccc2C)C2(C)N3C1CCCC3C(C)=[N+]2c1c(C)cccc1C. The van der Waals surface area contributed by atoms with Crippen LogP contribution in [0.4, 0.5) is 11.4 Å². The molecule has 0 bridgehead atoms. The van der Waals surface area contributed by atoms with Gasteiger partial charge in [0, 0.05) is 36.1 Å². The topological polar surface area (TPSA) is 9.26 Å². The summed E-state index contributed by atoms with van der Waals surface area (Å²) in [7, 11) is 0. The molecule has 5 rings (SSSR count). The van der Waals surface area contributed by atoms with E-state index in [4.69, 9.17) is 0 Å². The Morgan fingerprint density at radius 3 is 1.43 bits per heavy atom. The molecule has 3 aliphatic heterocycles. The van der Waals surface area contributed by atoms with E-state index in [1.807, 2.05) is 0 Å². The van der Waals surface area contributed by atoms with Crippen LogP contribution in [-0.4, -0.2) is 43.3 Å². The maximum Gasteiger partial charge on any atom is 0.426 e. The fourth-order valence-corrected chi connectivity index (χ4v) is 6.80. The molecule has 0 spiro atoms. The number of nitrogens with zero attached hydrogens (tertiary/aromatic N) is 3. The summed E-state index contributed by atoms with van der Waals surface area (Å²) in [4.78, 5) is 2.83. The molecular formula is C27H35N3+2. The van der Waals surface area contributed by atoms with E-state index in [2.05, 4.69) is 98.9 Å². The predicted molar refractivity (Wildman–Crippen MR) is 125 cm³/mol. The highest BCUT2D eigenvalue weighted by atomic mass is 15.6. The molecule has 2 aromatic carbocycles. The lowest BCUT2D eigenvalue weighted by atomic mass is 9.92. The van der Waals surface area contributed by atoms with Gasteiger partial charge in [-0.25, -0.2) is 0 Å². The Morgan fingerprint density at radius 1 is 0.700 bits per heavy atom. The summed E-state index contributed by atoms with van der Waals surface area (Å²) in [5.41, 5.74) is 11.2. The van der Waals surface area contributed by atoms with Crippen molar-refractivity contribution in [1.29, 1.82) is 0 Å². The second-order valence-corrected chi connectivity index (χ2v) is 9.78. The van der Waals surface area contributed by atoms with Gasteiger partial charge in [-0.2, -0.15) is 4.90 Å². The van der Waals surface area contributed by atoms with Crippen LogP contribution in [0.5, 0.6) is 0 Å². The molecule has 1 saturated heterocycles. The minimum atomic E-state index is -0.225. The van der Waals surface area contributed by atoms with Crippen molar-refractivity contribution in [2.75, 3.05) is 0 Å². The van der Waals surface area contributed by atoms with Crippen molar-refractivity contribution >= 4 is 22.8 Å². The van der Waals surface area contributed by atoms with Crippen molar-refractivity contribution in [3.05, 3.63) is 58.7 Å². The molecule has 1 fully saturated rings. The minimum absolute atomic E-state index is 0.225. The summed E-state index contributed by atoms with van der Waals surface area (Å²) >= 11 is 0. The molecule has 0 aromatic heterocycles. The van der Waals surface area contributed by atoms with Gasteiger partial charge in [0.2, 0.25) is 11.4 Å². The molecule has 3 nitrogen and oxygen atoms in total. The average molecular weight is 402 g/mol. The molecule has 0 N–H and O–H groups in total. The number of piperidine rings is 1. The minimum Gasteiger partial charge on any atom is -0.156 e. The van der Waals surface area contributed by atoms with E-state index in [9.17, 15) is 0 Å². The van der Waals surface area contributed by atoms with E-state index in [-0.39, 0.29) is 5.79 Å². The van der Waals surface area contributed by atoms with Crippen molar-refractivity contribution in [3.63, 3.8) is 0 Å². The second kappa shape index (κ2) is 6.62. The number of hydrogen-bond donors (Lipinski definition) is 0. The first-order valence-electron chi connectivity index (χ1n) is 11.5. The largest absolute Gasteiger partial charge is 0.426 e. The Morgan fingerprint density at radius 2 is 1.07 bits per heavy atom. The summed E-state index contributed by atoms with van der Waals surface area (Å²) in [6, 6.07) is 14.5. The summed E-state index contributed by atoms with van der Waals surface area (Å²) < 4.78 is 5.37. The highest BCUT2D eigenvalue weighted by molar-refractivity contribution is 5.91. The predicted octanol–water partition coefficient (Wildman–Crippen LogP) is 5.75. The molecule has 3 aliphatic rings. The highest BCUT2D eigenvalue weighted by Crippen LogP contribution is 2.49. The van der Waals surface area contributed by atoms with Crippen molar-refractivity contribution in [1.82, 2.24) is 4.90 Å². The Labute approximate surface area is 181 Å². The van der Waals surface area contributed by atoms with Crippen molar-refractivity contribution < 1.29 is 9.15 Å². The first-order valence-corrected chi connectivity index (χ1v) is 11.5. The lowest BCUT2D eigenvalue weighted by Crippen LogP contribution is -2.56. The molecule has 0 saturated carbocycles. The molecule has 2 atom stereocenters. The van der Waals surface area contributed by atoms with E-state index in [0.29, 0.717) is 12.1 Å². The lowest BCUT2D eigenvalue weighted by molar-refractivity contribution is -0.772. The Bertz CT molecular complexity index is 997. The number of hydrogen-bond acceptors (Lipinski definition) is 1. The molecule has 3 heteroatoms. The van der Waals surface area contributed by atoms with Gasteiger partial charge >= 0.3 is 5.79 Å². The number of benzene rings is 2. The van der Waals surface area contributed by atoms with Crippen LogP contribution in [0.15, 0.2) is 36.4 Å². The standard InChI is InChI=1S/C27H35N3/c1-17-11-8-12-18(2)25(17)28-21(5)23-15-10-16-24-22(6)29(27(28,7)30(23)24)26-19(3)13-9-14-20(26)4/h8-9,11-14,23-24H,10,15-16H2,1-7H3/q+2. The van der Waals surface area contributed by atoms with Crippen LogP contribution in [0.3, 0.4) is 0 Å². The second-order valence-electron chi connectivity index (χ2n) is 9.78. The van der Waals surface area contributed by atoms with Gasteiger partial charge < -0.3 is 0 Å². The van der Waals surface area contributed by atoms with Crippen molar-refractivity contribution in [2.45, 2.75) is 85.6 Å². The first kappa shape index (κ1) is 19.7. The molecular weight excluding hydrogens is 366 g/mol. The number of para-hydroxylation sites is 2. The molecule has 0 amide bonds. The molecule has 2 unspecified atom stereocenters. The number of rotatable bonds is 2. The molecule has 0 aliphatic carbocycles. The lowest BCUT2D eigenvalue weighted by Gasteiger charge is -2.32. The zero-order chi connectivity index (χ0) is 21.4. The summed E-state index contributed by atoms with van der Waals surface area (Å²) in [5.74, 6) is -0.225. The molecule has 156 valence electrons. The van der Waals surface area contributed by atoms with Crippen LogP contribution >= 0.6 is 0 Å². The van der Waals surface area contributed by atoms with Gasteiger partial charge in [-0.05, 0) is 47.0 Å². The van der Waals surface area contributed by atoms with Crippen LogP contribution in [0.25, 0.3) is 0 Å². The maximum absolute atomic E-state index is 2.83. The van der Waals surface area contributed by atoms with Crippen LogP contribution in [0, 0.1) is 27.7 Å². The molecule has 0 radical (unpaired) electrons. The highest BCUT2D eigenvalue weighted by Gasteiger charge is 2.72. The van der Waals surface area contributed by atoms with Gasteiger partial charge in [0.25, 0.3) is 0 Å². The fraction of sp³-hybridized carbons (Fsp3) is 0.481. The van der Waals surface area contributed by atoms with E-state index >= 15 is 0 Å². The zero-order valence-corrected chi connectivity index (χ0v) is 19.6. The number of aryl methyl sites for hydroxylation is 4. The van der Waals surface area contributed by atoms with Gasteiger partial charge in [0.15, 0.2) is 11.4 Å². The Balaban J connectivity index is 1.86. The van der Waals surface area contributed by atoms with Gasteiger partial charge in [-0.15, -0.1) is 9.15 Å². The van der Waals surface area contributed by atoms with Crippen molar-refractivity contribution in [2.24, 2.45) is 0 Å². The van der Waals surface area contributed by atoms with Crippen LogP contribution in [-0.2, 0) is 0 Å². The first-order chi connectivity index (χ1) is 14.3. The molecule has 3 heterocycles. The van der Waals surface area contributed by atoms with Crippen molar-refractivity contribution in [3.8, 4) is 0 Å². The normalized spacial score (nSPS) is 28.5. The van der Waals surface area contributed by atoms with Gasteiger partial charge in [-0.3, -0.25) is 0 Å². The third kappa shape index (κ3) is 2.36. The Kier molecular flexibility index (Phi) is 4.34. The monoisotopic (exact) mass is 401 g/mol. The van der Waals surface area contributed by atoms with Gasteiger partial charge in [0.05, 0.1) is 6.92 Å². The fourth-order valence-electron chi connectivity index (χ4n) is 6.80. The van der Waals surface area contributed by atoms with E-state index in [1.54, 1.807) is 0 Å². The summed E-state index contributed by atoms with van der Waals surface area (Å²) in [5, 5.41) is 0. The zero-order valence-electron chi connectivity index (χ0n) is 19.6. The summed E-state index contributed by atoms with van der Waals surface area (Å²) in [6.45, 7) is 16.3.